The van der Waals surface area contributed by atoms with Crippen LogP contribution < -0.4 is 0 Å². The molecule has 2 atom stereocenters. The fourth-order valence-electron chi connectivity index (χ4n) is 4.25. The molecule has 148 valence electrons. The molecule has 1 heterocycles. The number of carbonyl (C=O) groups is 2. The van der Waals surface area contributed by atoms with Crippen molar-refractivity contribution in [2.45, 2.75) is 38.7 Å². The van der Waals surface area contributed by atoms with Crippen molar-refractivity contribution in [3.8, 4) is 0 Å². The predicted molar refractivity (Wildman–Crippen MR) is 116 cm³/mol. The van der Waals surface area contributed by atoms with Crippen molar-refractivity contribution in [1.29, 1.82) is 0 Å². The molecule has 2 aromatic carbocycles. The Bertz CT molecular complexity index is 1010. The molecule has 2 aliphatic rings. The van der Waals surface area contributed by atoms with Crippen molar-refractivity contribution in [2.24, 2.45) is 10.9 Å². The van der Waals surface area contributed by atoms with Gasteiger partial charge in [0.1, 0.15) is 12.4 Å². The molecule has 0 aromatic heterocycles. The van der Waals surface area contributed by atoms with Crippen molar-refractivity contribution in [3.05, 3.63) is 81.5 Å². The quantitative estimate of drug-likeness (QED) is 0.586. The number of ketones is 1. The van der Waals surface area contributed by atoms with Gasteiger partial charge in [-0.3, -0.25) is 9.79 Å². The van der Waals surface area contributed by atoms with Gasteiger partial charge in [0.25, 0.3) is 0 Å². The van der Waals surface area contributed by atoms with Crippen LogP contribution in [0.15, 0.2) is 75.3 Å². The second kappa shape index (κ2) is 8.46. The molecule has 0 bridgehead atoms. The van der Waals surface area contributed by atoms with Crippen LogP contribution >= 0.6 is 15.9 Å². The minimum atomic E-state index is -0.409. The number of benzene rings is 2. The van der Waals surface area contributed by atoms with Crippen LogP contribution in [0.4, 0.5) is 0 Å². The molecule has 29 heavy (non-hydrogen) atoms. The molecule has 5 heteroatoms. The van der Waals surface area contributed by atoms with Crippen LogP contribution in [0.1, 0.15) is 43.2 Å². The number of carbonyl (C=O) groups excluding carboxylic acids is 2. The summed E-state index contributed by atoms with van der Waals surface area (Å²) in [6.45, 7) is 2.03. The highest BCUT2D eigenvalue weighted by Gasteiger charge is 2.44. The van der Waals surface area contributed by atoms with E-state index in [-0.39, 0.29) is 18.3 Å². The Balaban J connectivity index is 1.73. The third-order valence-electron chi connectivity index (χ3n) is 5.58. The Morgan fingerprint density at radius 2 is 1.79 bits per heavy atom. The molecule has 1 aliphatic carbocycles. The van der Waals surface area contributed by atoms with E-state index in [0.29, 0.717) is 17.7 Å². The number of hydrogen-bond acceptors (Lipinski definition) is 4. The number of nitrogens with zero attached hydrogens (tertiary/aromatic N) is 1. The summed E-state index contributed by atoms with van der Waals surface area (Å²) >= 11 is 3.61. The number of aliphatic imine (C=N–C) groups is 1. The molecule has 0 spiro atoms. The Kier molecular flexibility index (Phi) is 5.76. The summed E-state index contributed by atoms with van der Waals surface area (Å²) in [6, 6.07) is 17.4. The van der Waals surface area contributed by atoms with Crippen molar-refractivity contribution < 1.29 is 14.3 Å². The number of allylic oxidation sites excluding steroid dienone is 1. The van der Waals surface area contributed by atoms with Crippen LogP contribution in [0, 0.1) is 5.92 Å². The van der Waals surface area contributed by atoms with Gasteiger partial charge in [-0.05, 0) is 37.0 Å². The number of esters is 1. The lowest BCUT2D eigenvalue weighted by Crippen LogP contribution is -2.39. The van der Waals surface area contributed by atoms with Crippen LogP contribution in [0.5, 0.6) is 0 Å². The summed E-state index contributed by atoms with van der Waals surface area (Å²) in [4.78, 5) is 30.8. The fourth-order valence-corrected chi connectivity index (χ4v) is 4.78. The van der Waals surface area contributed by atoms with E-state index in [4.69, 9.17) is 4.74 Å². The first-order valence-electron chi connectivity index (χ1n) is 9.82. The van der Waals surface area contributed by atoms with Gasteiger partial charge in [-0.25, -0.2) is 4.79 Å². The van der Waals surface area contributed by atoms with Gasteiger partial charge in [-0.15, -0.1) is 0 Å². The third kappa shape index (κ3) is 3.97. The van der Waals surface area contributed by atoms with Gasteiger partial charge in [0.2, 0.25) is 0 Å². The van der Waals surface area contributed by atoms with Crippen LogP contribution in [0.25, 0.3) is 0 Å². The zero-order chi connectivity index (χ0) is 20.4. The third-order valence-corrected chi connectivity index (χ3v) is 6.30. The van der Waals surface area contributed by atoms with Gasteiger partial charge in [-0.1, -0.05) is 64.5 Å². The van der Waals surface area contributed by atoms with E-state index in [1.165, 1.54) is 0 Å². The lowest BCUT2D eigenvalue weighted by atomic mass is 9.69. The SMILES string of the molecule is CC1=C(C(=O)OCc2ccccc2)C(c2ccccc2Br)C2C(=O)CCCC2=N1. The molecule has 4 rings (SSSR count). The molecule has 1 saturated carbocycles. The monoisotopic (exact) mass is 451 g/mol. The first kappa shape index (κ1) is 19.8. The molecule has 4 nitrogen and oxygen atoms in total. The smallest absolute Gasteiger partial charge is 0.336 e. The van der Waals surface area contributed by atoms with Crippen LogP contribution in [0.3, 0.4) is 0 Å². The van der Waals surface area contributed by atoms with Crippen molar-refractivity contribution >= 4 is 33.4 Å². The van der Waals surface area contributed by atoms with Crippen molar-refractivity contribution in [1.82, 2.24) is 0 Å². The van der Waals surface area contributed by atoms with Crippen LogP contribution in [-0.4, -0.2) is 17.5 Å². The van der Waals surface area contributed by atoms with Gasteiger partial charge in [0, 0.05) is 28.2 Å². The maximum atomic E-state index is 13.2. The molecule has 2 aromatic rings. The van der Waals surface area contributed by atoms with Crippen LogP contribution in [0.2, 0.25) is 0 Å². The lowest BCUT2D eigenvalue weighted by molar-refractivity contribution is -0.140. The first-order valence-corrected chi connectivity index (χ1v) is 10.6. The highest BCUT2D eigenvalue weighted by molar-refractivity contribution is 9.10. The Labute approximate surface area is 178 Å². The van der Waals surface area contributed by atoms with Crippen molar-refractivity contribution in [2.75, 3.05) is 0 Å². The van der Waals surface area contributed by atoms with Gasteiger partial charge in [0.05, 0.1) is 11.5 Å². The average molecular weight is 452 g/mol. The Morgan fingerprint density at radius 1 is 1.07 bits per heavy atom. The van der Waals surface area contributed by atoms with E-state index in [1.807, 2.05) is 61.5 Å². The van der Waals surface area contributed by atoms with Gasteiger partial charge in [-0.2, -0.15) is 0 Å². The Hall–Kier alpha value is -2.53. The minimum absolute atomic E-state index is 0.150. The number of Topliss-reactive ketones (excluding diaryl/α,β-unsaturated/α-hetero) is 1. The highest BCUT2D eigenvalue weighted by Crippen LogP contribution is 2.45. The summed E-state index contributed by atoms with van der Waals surface area (Å²) in [5.74, 6) is -1.04. The number of ether oxygens (including phenoxy) is 1. The average Bonchev–Trinajstić information content (AvgIpc) is 2.72. The molecule has 0 radical (unpaired) electrons. The summed E-state index contributed by atoms with van der Waals surface area (Å²) in [6.07, 6.45) is 2.13. The molecule has 2 unspecified atom stereocenters. The first-order chi connectivity index (χ1) is 14.1. The highest BCUT2D eigenvalue weighted by atomic mass is 79.9. The van der Waals surface area contributed by atoms with E-state index in [0.717, 1.165) is 34.2 Å². The van der Waals surface area contributed by atoms with Gasteiger partial charge < -0.3 is 4.74 Å². The summed E-state index contributed by atoms with van der Waals surface area (Å²) in [7, 11) is 0. The molecular formula is C24H22BrNO3. The topological polar surface area (TPSA) is 55.7 Å². The van der Waals surface area contributed by atoms with Crippen molar-refractivity contribution in [3.63, 3.8) is 0 Å². The number of fused-ring (bicyclic) bond motifs is 1. The van der Waals surface area contributed by atoms with Gasteiger partial charge >= 0.3 is 5.97 Å². The lowest BCUT2D eigenvalue weighted by Gasteiger charge is -2.36. The van der Waals surface area contributed by atoms with Crippen LogP contribution in [-0.2, 0) is 20.9 Å². The molecule has 1 aliphatic heterocycles. The number of halogens is 1. The number of hydrogen-bond donors (Lipinski definition) is 0. The normalized spacial score (nSPS) is 21.4. The van der Waals surface area contributed by atoms with E-state index < -0.39 is 11.9 Å². The molecule has 0 saturated heterocycles. The molecule has 0 amide bonds. The molecule has 1 fully saturated rings. The second-order valence-electron chi connectivity index (χ2n) is 7.46. The zero-order valence-corrected chi connectivity index (χ0v) is 17.8. The summed E-state index contributed by atoms with van der Waals surface area (Å²) in [5.41, 5.74) is 3.86. The molecule has 0 N–H and O–H groups in total. The van der Waals surface area contributed by atoms with E-state index in [2.05, 4.69) is 20.9 Å². The predicted octanol–water partition coefficient (Wildman–Crippen LogP) is 5.37. The largest absolute Gasteiger partial charge is 0.457 e. The van der Waals surface area contributed by atoms with E-state index in [9.17, 15) is 9.59 Å². The zero-order valence-electron chi connectivity index (χ0n) is 16.2. The summed E-state index contributed by atoms with van der Waals surface area (Å²) in [5, 5.41) is 0. The maximum Gasteiger partial charge on any atom is 0.336 e. The standard InChI is InChI=1S/C24H22BrNO3/c1-15-21(24(28)29-14-16-8-3-2-4-9-16)22(17-10-5-6-11-18(17)25)23-19(26-15)12-7-13-20(23)27/h2-6,8-11,22-23H,7,12-14H2,1H3. The molecular weight excluding hydrogens is 430 g/mol. The number of rotatable bonds is 4. The van der Waals surface area contributed by atoms with E-state index in [1.54, 1.807) is 0 Å². The fraction of sp³-hybridized carbons (Fsp3) is 0.292. The summed E-state index contributed by atoms with van der Waals surface area (Å²) < 4.78 is 6.53. The minimum Gasteiger partial charge on any atom is -0.457 e. The van der Waals surface area contributed by atoms with Gasteiger partial charge in [0.15, 0.2) is 0 Å². The Morgan fingerprint density at radius 3 is 2.55 bits per heavy atom. The second-order valence-corrected chi connectivity index (χ2v) is 8.32. The van der Waals surface area contributed by atoms with E-state index >= 15 is 0 Å². The maximum absolute atomic E-state index is 13.2.